The van der Waals surface area contributed by atoms with Gasteiger partial charge in [0.25, 0.3) is 0 Å². The molecule has 8 heteroatoms. The Morgan fingerprint density at radius 1 is 1.15 bits per heavy atom. The van der Waals surface area contributed by atoms with E-state index in [1.54, 1.807) is 24.7 Å². The molecule has 166 valence electrons. The zero-order chi connectivity index (χ0) is 23.0. The van der Waals surface area contributed by atoms with Crippen LogP contribution in [0.1, 0.15) is 12.0 Å². The fourth-order valence-electron chi connectivity index (χ4n) is 5.45. The number of ether oxygens (including phenoxy) is 1. The highest BCUT2D eigenvalue weighted by molar-refractivity contribution is 6.07. The Morgan fingerprint density at radius 3 is 2.82 bits per heavy atom. The molecule has 2 atom stereocenters. The first-order chi connectivity index (χ1) is 16.6. The van der Waals surface area contributed by atoms with E-state index in [1.165, 1.54) is 12.1 Å². The minimum Gasteiger partial charge on any atom is -0.507 e. The molecule has 0 radical (unpaired) electrons. The topological polar surface area (TPSA) is 75.8 Å². The molecule has 5 aromatic rings. The van der Waals surface area contributed by atoms with Crippen LogP contribution in [-0.2, 0) is 4.74 Å². The maximum Gasteiger partial charge on any atom is 0.157 e. The van der Waals surface area contributed by atoms with Crippen molar-refractivity contribution in [1.29, 1.82) is 0 Å². The highest BCUT2D eigenvalue weighted by Crippen LogP contribution is 2.42. The molecule has 0 amide bonds. The number of hydrogen-bond acceptors (Lipinski definition) is 6. The molecule has 2 aliphatic rings. The summed E-state index contributed by atoms with van der Waals surface area (Å²) in [6, 6.07) is 8.34. The molecule has 34 heavy (non-hydrogen) atoms. The van der Waals surface area contributed by atoms with Crippen molar-refractivity contribution in [1.82, 2.24) is 19.4 Å². The van der Waals surface area contributed by atoms with Crippen molar-refractivity contribution in [3.8, 4) is 29.2 Å². The smallest absolute Gasteiger partial charge is 0.157 e. The lowest BCUT2D eigenvalue weighted by Crippen LogP contribution is -2.37. The summed E-state index contributed by atoms with van der Waals surface area (Å²) in [5.41, 5.74) is 3.56. The molecule has 2 fully saturated rings. The maximum absolute atomic E-state index is 14.4. The molecule has 5 heterocycles. The largest absolute Gasteiger partial charge is 0.507 e. The van der Waals surface area contributed by atoms with Gasteiger partial charge in [0, 0.05) is 35.5 Å². The lowest BCUT2D eigenvalue weighted by molar-refractivity contribution is 0.0989. The second kappa shape index (κ2) is 6.89. The Bertz CT molecular complexity index is 1690. The number of phenolic OH excluding ortho intramolecular Hbond substituents is 1. The first-order valence-electron chi connectivity index (χ1n) is 11.0. The molecule has 2 bridgehead atoms. The Hall–Kier alpha value is -4.22. The van der Waals surface area contributed by atoms with E-state index in [0.717, 1.165) is 24.3 Å². The lowest BCUT2D eigenvalue weighted by Gasteiger charge is -2.28. The quantitative estimate of drug-likeness (QED) is 0.411. The summed E-state index contributed by atoms with van der Waals surface area (Å²) in [5.74, 6) is 2.85. The van der Waals surface area contributed by atoms with Gasteiger partial charge in [0.1, 0.15) is 29.1 Å². The van der Waals surface area contributed by atoms with Gasteiger partial charge in [0.05, 0.1) is 29.8 Å². The van der Waals surface area contributed by atoms with Crippen molar-refractivity contribution in [3.63, 3.8) is 0 Å². The molecule has 0 saturated carbocycles. The molecule has 1 N–H and O–H groups in total. The van der Waals surface area contributed by atoms with Crippen LogP contribution in [0.3, 0.4) is 0 Å². The van der Waals surface area contributed by atoms with Crippen LogP contribution in [0.4, 0.5) is 10.2 Å². The molecule has 2 aliphatic heterocycles. The number of hydrogen-bond donors (Lipinski definition) is 1. The zero-order valence-electron chi connectivity index (χ0n) is 17.9. The van der Waals surface area contributed by atoms with Gasteiger partial charge in [0.2, 0.25) is 0 Å². The lowest BCUT2D eigenvalue weighted by atomic mass is 9.94. The summed E-state index contributed by atoms with van der Waals surface area (Å²) in [5, 5.41) is 12.1. The Balaban J connectivity index is 1.54. The minimum atomic E-state index is -0.475. The number of imidazole rings is 1. The van der Waals surface area contributed by atoms with Crippen LogP contribution in [0.5, 0.6) is 5.75 Å². The van der Waals surface area contributed by atoms with Gasteiger partial charge < -0.3 is 14.7 Å². The van der Waals surface area contributed by atoms with Gasteiger partial charge in [-0.1, -0.05) is 12.0 Å². The van der Waals surface area contributed by atoms with Gasteiger partial charge in [-0.3, -0.25) is 4.40 Å². The minimum absolute atomic E-state index is 0.0506. The van der Waals surface area contributed by atoms with E-state index in [-0.39, 0.29) is 17.4 Å². The molecular weight excluding hydrogens is 433 g/mol. The second-order valence-electron chi connectivity index (χ2n) is 8.73. The number of nitrogens with zero attached hydrogens (tertiary/aromatic N) is 5. The molecule has 2 saturated heterocycles. The first kappa shape index (κ1) is 19.3. The van der Waals surface area contributed by atoms with E-state index in [0.29, 0.717) is 45.7 Å². The van der Waals surface area contributed by atoms with Gasteiger partial charge in [0.15, 0.2) is 5.82 Å². The van der Waals surface area contributed by atoms with Crippen LogP contribution in [-0.4, -0.2) is 49.8 Å². The van der Waals surface area contributed by atoms with Crippen molar-refractivity contribution in [2.24, 2.45) is 0 Å². The van der Waals surface area contributed by atoms with Crippen molar-refractivity contribution in [3.05, 3.63) is 60.4 Å². The number of terminal acetylenes is 1. The van der Waals surface area contributed by atoms with Gasteiger partial charge in [-0.2, -0.15) is 0 Å². The van der Waals surface area contributed by atoms with Crippen molar-refractivity contribution in [2.45, 2.75) is 18.6 Å². The summed E-state index contributed by atoms with van der Waals surface area (Å²) in [4.78, 5) is 16.1. The van der Waals surface area contributed by atoms with E-state index in [4.69, 9.17) is 11.2 Å². The van der Waals surface area contributed by atoms with Crippen LogP contribution in [0, 0.1) is 18.2 Å². The highest BCUT2D eigenvalue weighted by Gasteiger charge is 2.40. The highest BCUT2D eigenvalue weighted by atomic mass is 19.1. The summed E-state index contributed by atoms with van der Waals surface area (Å²) in [6.07, 6.45) is 12.0. The molecule has 0 unspecified atom stereocenters. The van der Waals surface area contributed by atoms with Gasteiger partial charge >= 0.3 is 0 Å². The first-order valence-corrected chi connectivity index (χ1v) is 11.0. The predicted octanol–water partition coefficient (Wildman–Crippen LogP) is 3.90. The number of halogens is 1. The molecule has 0 aliphatic carbocycles. The molecule has 0 spiro atoms. The number of aromatic nitrogens is 4. The number of pyridine rings is 1. The van der Waals surface area contributed by atoms with Gasteiger partial charge in [-0.25, -0.2) is 19.3 Å². The van der Waals surface area contributed by atoms with Crippen LogP contribution < -0.4 is 4.90 Å². The fraction of sp³-hybridized carbons (Fsp3) is 0.192. The van der Waals surface area contributed by atoms with E-state index < -0.39 is 5.82 Å². The van der Waals surface area contributed by atoms with Crippen molar-refractivity contribution >= 4 is 33.3 Å². The third-order valence-corrected chi connectivity index (χ3v) is 6.95. The predicted molar refractivity (Wildman–Crippen MR) is 126 cm³/mol. The van der Waals surface area contributed by atoms with E-state index in [1.807, 2.05) is 16.7 Å². The van der Waals surface area contributed by atoms with Crippen molar-refractivity contribution in [2.75, 3.05) is 18.1 Å². The van der Waals surface area contributed by atoms with Crippen molar-refractivity contribution < 1.29 is 14.2 Å². The summed E-state index contributed by atoms with van der Waals surface area (Å²) < 4.78 is 22.1. The molecular formula is C26H18FN5O2. The summed E-state index contributed by atoms with van der Waals surface area (Å²) in [6.45, 7) is 1.48. The molecule has 3 aromatic heterocycles. The normalized spacial score (nSPS) is 19.5. The third kappa shape index (κ3) is 2.53. The number of phenols is 1. The van der Waals surface area contributed by atoms with E-state index in [2.05, 4.69) is 25.8 Å². The number of benzene rings is 2. The average molecular weight is 451 g/mol. The Labute approximate surface area is 193 Å². The summed E-state index contributed by atoms with van der Waals surface area (Å²) in [7, 11) is 0. The van der Waals surface area contributed by atoms with Crippen LogP contribution in [0.2, 0.25) is 0 Å². The molecule has 7 nitrogen and oxygen atoms in total. The van der Waals surface area contributed by atoms with Gasteiger partial charge in [-0.15, -0.1) is 6.42 Å². The van der Waals surface area contributed by atoms with Crippen LogP contribution >= 0.6 is 0 Å². The number of morpholine rings is 1. The van der Waals surface area contributed by atoms with E-state index in [9.17, 15) is 9.50 Å². The zero-order valence-corrected chi connectivity index (χ0v) is 17.9. The van der Waals surface area contributed by atoms with E-state index >= 15 is 0 Å². The number of aromatic hydroxyl groups is 1. The van der Waals surface area contributed by atoms with Crippen LogP contribution in [0.25, 0.3) is 38.6 Å². The Morgan fingerprint density at radius 2 is 2.03 bits per heavy atom. The second-order valence-corrected chi connectivity index (χ2v) is 8.73. The van der Waals surface area contributed by atoms with Crippen LogP contribution in [0.15, 0.2) is 49.1 Å². The molecule has 7 rings (SSSR count). The number of fused-ring (bicyclic) bond motifs is 6. The maximum atomic E-state index is 14.4. The SMILES string of the molecule is C#Cc1c(F)ccc2c(-c3cc4ncnc(N5C[C@@H]6C[C@H]5CO6)c4n4ccnc34)c(O)ccc12. The Kier molecular flexibility index (Phi) is 3.90. The number of rotatable bonds is 2. The monoisotopic (exact) mass is 451 g/mol. The number of anilines is 1. The standard InChI is InChI=1S/C26H18FN5O2/c1-2-16-17-4-6-22(33)23(18(17)3-5-20(16)27)19-10-21-24(31-8-7-28-25(19)31)26(30-13-29-21)32-11-15-9-14(32)12-34-15/h1,3-8,10,13-15,33H,9,11-12H2/t14-,15-/m0/s1. The average Bonchev–Trinajstić information content (AvgIpc) is 3.60. The third-order valence-electron chi connectivity index (χ3n) is 6.95. The fourth-order valence-corrected chi connectivity index (χ4v) is 5.45. The molecule has 2 aromatic carbocycles. The summed E-state index contributed by atoms with van der Waals surface area (Å²) >= 11 is 0. The van der Waals surface area contributed by atoms with Gasteiger partial charge in [-0.05, 0) is 36.1 Å².